The summed E-state index contributed by atoms with van der Waals surface area (Å²) in [6.07, 6.45) is -0.375. The number of amides is 1. The maximum absolute atomic E-state index is 11.3. The zero-order valence-corrected chi connectivity index (χ0v) is 10.7. The molecule has 1 fully saturated rings. The number of benzene rings is 2. The molecule has 0 unspecified atom stereocenters. The second-order valence-corrected chi connectivity index (χ2v) is 4.43. The smallest absolute Gasteiger partial charge is 0.407 e. The molecule has 2 aromatic carbocycles. The Kier molecular flexibility index (Phi) is 2.99. The van der Waals surface area contributed by atoms with Crippen LogP contribution in [0.2, 0.25) is 0 Å². The van der Waals surface area contributed by atoms with Gasteiger partial charge in [-0.15, -0.1) is 0 Å². The fraction of sp³-hybridized carbons (Fsp3) is 0.267. The van der Waals surface area contributed by atoms with Crippen LogP contribution in [0, 0.1) is 0 Å². The molecule has 1 aliphatic rings. The Labute approximate surface area is 111 Å². The molecule has 0 spiro atoms. The SMILES string of the molecule is CCOc1ccc2ccccc2c1[C@H]1COC(=O)N1. The van der Waals surface area contributed by atoms with Gasteiger partial charge in [-0.05, 0) is 23.8 Å². The van der Waals surface area contributed by atoms with Crippen molar-refractivity contribution in [2.24, 2.45) is 0 Å². The minimum atomic E-state index is -0.375. The molecule has 1 amide bonds. The summed E-state index contributed by atoms with van der Waals surface area (Å²) < 4.78 is 10.7. The molecule has 19 heavy (non-hydrogen) atoms. The lowest BCUT2D eigenvalue weighted by Crippen LogP contribution is -2.19. The molecule has 1 heterocycles. The molecule has 0 aromatic heterocycles. The fourth-order valence-electron chi connectivity index (χ4n) is 2.46. The zero-order valence-electron chi connectivity index (χ0n) is 10.7. The molecule has 3 rings (SSSR count). The predicted octanol–water partition coefficient (Wildman–Crippen LogP) is 3.02. The van der Waals surface area contributed by atoms with E-state index in [1.54, 1.807) is 0 Å². The van der Waals surface area contributed by atoms with Gasteiger partial charge < -0.3 is 14.8 Å². The quantitative estimate of drug-likeness (QED) is 0.919. The number of carbonyl (C=O) groups excluding carboxylic acids is 1. The van der Waals surface area contributed by atoms with Gasteiger partial charge in [-0.25, -0.2) is 4.79 Å². The predicted molar refractivity (Wildman–Crippen MR) is 72.3 cm³/mol. The lowest BCUT2D eigenvalue weighted by Gasteiger charge is -2.17. The molecule has 1 aliphatic heterocycles. The van der Waals surface area contributed by atoms with E-state index in [1.165, 1.54) is 0 Å². The van der Waals surface area contributed by atoms with Gasteiger partial charge in [0.2, 0.25) is 0 Å². The number of nitrogens with one attached hydrogen (secondary N) is 1. The Hall–Kier alpha value is -2.23. The van der Waals surface area contributed by atoms with Crippen LogP contribution in [0.1, 0.15) is 18.5 Å². The highest BCUT2D eigenvalue weighted by atomic mass is 16.6. The maximum Gasteiger partial charge on any atom is 0.407 e. The maximum atomic E-state index is 11.3. The molecule has 4 heteroatoms. The molecule has 98 valence electrons. The van der Waals surface area contributed by atoms with Gasteiger partial charge >= 0.3 is 6.09 Å². The third-order valence-corrected chi connectivity index (χ3v) is 3.25. The van der Waals surface area contributed by atoms with Crippen LogP contribution >= 0.6 is 0 Å². The van der Waals surface area contributed by atoms with Gasteiger partial charge in [0.05, 0.1) is 12.6 Å². The lowest BCUT2D eigenvalue weighted by atomic mass is 9.98. The van der Waals surface area contributed by atoms with Gasteiger partial charge in [0.15, 0.2) is 0 Å². The normalized spacial score (nSPS) is 18.2. The first-order valence-electron chi connectivity index (χ1n) is 6.37. The number of hydrogen-bond acceptors (Lipinski definition) is 3. The van der Waals surface area contributed by atoms with Crippen molar-refractivity contribution in [3.05, 3.63) is 42.0 Å². The van der Waals surface area contributed by atoms with Crippen LogP contribution in [0.4, 0.5) is 4.79 Å². The number of rotatable bonds is 3. The standard InChI is InChI=1S/C15H15NO3/c1-2-18-13-8-7-10-5-3-4-6-11(10)14(13)12-9-19-15(17)16-12/h3-8,12H,2,9H2,1H3,(H,16,17)/t12-/m1/s1. The van der Waals surface area contributed by atoms with Crippen molar-refractivity contribution < 1.29 is 14.3 Å². The molecule has 0 radical (unpaired) electrons. The van der Waals surface area contributed by atoms with Crippen molar-refractivity contribution in [3.8, 4) is 5.75 Å². The highest BCUT2D eigenvalue weighted by Crippen LogP contribution is 2.34. The minimum absolute atomic E-state index is 0.153. The van der Waals surface area contributed by atoms with E-state index < -0.39 is 0 Å². The van der Waals surface area contributed by atoms with Gasteiger partial charge in [-0.2, -0.15) is 0 Å². The summed E-state index contributed by atoms with van der Waals surface area (Å²) in [5.41, 5.74) is 0.991. The number of ether oxygens (including phenoxy) is 2. The molecule has 1 saturated heterocycles. The molecule has 4 nitrogen and oxygen atoms in total. The van der Waals surface area contributed by atoms with E-state index in [2.05, 4.69) is 5.32 Å². The second-order valence-electron chi connectivity index (χ2n) is 4.43. The van der Waals surface area contributed by atoms with Gasteiger partial charge in [-0.3, -0.25) is 0 Å². The summed E-state index contributed by atoms with van der Waals surface area (Å²) >= 11 is 0. The van der Waals surface area contributed by atoms with Crippen molar-refractivity contribution in [1.29, 1.82) is 0 Å². The highest BCUT2D eigenvalue weighted by molar-refractivity contribution is 5.89. The Morgan fingerprint density at radius 1 is 1.32 bits per heavy atom. The van der Waals surface area contributed by atoms with Crippen LogP contribution in [-0.2, 0) is 4.74 Å². The summed E-state index contributed by atoms with van der Waals surface area (Å²) in [5.74, 6) is 0.803. The first kappa shape index (κ1) is 11.8. The van der Waals surface area contributed by atoms with Gasteiger partial charge in [0.25, 0.3) is 0 Å². The Bertz CT molecular complexity index is 624. The first-order valence-corrected chi connectivity index (χ1v) is 6.37. The minimum Gasteiger partial charge on any atom is -0.493 e. The number of fused-ring (bicyclic) bond motifs is 1. The lowest BCUT2D eigenvalue weighted by molar-refractivity contribution is 0.176. The van der Waals surface area contributed by atoms with E-state index in [1.807, 2.05) is 43.3 Å². The van der Waals surface area contributed by atoms with E-state index in [9.17, 15) is 4.79 Å². The summed E-state index contributed by atoms with van der Waals surface area (Å²) in [4.78, 5) is 11.3. The summed E-state index contributed by atoms with van der Waals surface area (Å²) in [7, 11) is 0. The molecule has 0 aliphatic carbocycles. The fourth-order valence-corrected chi connectivity index (χ4v) is 2.46. The summed E-state index contributed by atoms with van der Waals surface area (Å²) in [6, 6.07) is 11.9. The molecule has 2 aromatic rings. The Morgan fingerprint density at radius 3 is 2.89 bits per heavy atom. The van der Waals surface area contributed by atoms with E-state index in [-0.39, 0.29) is 12.1 Å². The van der Waals surface area contributed by atoms with Crippen molar-refractivity contribution in [2.45, 2.75) is 13.0 Å². The number of carbonyl (C=O) groups is 1. The third kappa shape index (κ3) is 2.10. The van der Waals surface area contributed by atoms with Gasteiger partial charge in [0.1, 0.15) is 12.4 Å². The second kappa shape index (κ2) is 4.80. The summed E-state index contributed by atoms with van der Waals surface area (Å²) in [5, 5.41) is 5.03. The number of alkyl carbamates (subject to hydrolysis) is 1. The van der Waals surface area contributed by atoms with Crippen LogP contribution in [0.3, 0.4) is 0 Å². The van der Waals surface area contributed by atoms with Gasteiger partial charge in [-0.1, -0.05) is 30.3 Å². The van der Waals surface area contributed by atoms with Gasteiger partial charge in [0, 0.05) is 5.56 Å². The van der Waals surface area contributed by atoms with Crippen molar-refractivity contribution in [2.75, 3.05) is 13.2 Å². The van der Waals surface area contributed by atoms with Crippen molar-refractivity contribution in [3.63, 3.8) is 0 Å². The third-order valence-electron chi connectivity index (χ3n) is 3.25. The average molecular weight is 257 g/mol. The average Bonchev–Trinajstić information content (AvgIpc) is 2.85. The monoisotopic (exact) mass is 257 g/mol. The van der Waals surface area contributed by atoms with Crippen LogP contribution < -0.4 is 10.1 Å². The molecule has 1 atom stereocenters. The van der Waals surface area contributed by atoms with Crippen molar-refractivity contribution >= 4 is 16.9 Å². The van der Waals surface area contributed by atoms with Crippen LogP contribution in [0.5, 0.6) is 5.75 Å². The summed E-state index contributed by atoms with van der Waals surface area (Å²) in [6.45, 7) is 2.88. The van der Waals surface area contributed by atoms with Crippen LogP contribution in [-0.4, -0.2) is 19.3 Å². The molecule has 0 saturated carbocycles. The Morgan fingerprint density at radius 2 is 2.16 bits per heavy atom. The largest absolute Gasteiger partial charge is 0.493 e. The van der Waals surface area contributed by atoms with Crippen LogP contribution in [0.15, 0.2) is 36.4 Å². The number of hydrogen-bond donors (Lipinski definition) is 1. The number of cyclic esters (lactones) is 1. The highest BCUT2D eigenvalue weighted by Gasteiger charge is 2.28. The topological polar surface area (TPSA) is 47.6 Å². The molecule has 0 bridgehead atoms. The molecular formula is C15H15NO3. The van der Waals surface area contributed by atoms with E-state index in [4.69, 9.17) is 9.47 Å². The molecular weight excluding hydrogens is 242 g/mol. The van der Waals surface area contributed by atoms with E-state index >= 15 is 0 Å². The molecule has 1 N–H and O–H groups in total. The van der Waals surface area contributed by atoms with E-state index in [0.29, 0.717) is 13.2 Å². The Balaban J connectivity index is 2.16. The zero-order chi connectivity index (χ0) is 13.2. The van der Waals surface area contributed by atoms with Crippen LogP contribution in [0.25, 0.3) is 10.8 Å². The van der Waals surface area contributed by atoms with E-state index in [0.717, 1.165) is 22.1 Å². The van der Waals surface area contributed by atoms with Crippen molar-refractivity contribution in [1.82, 2.24) is 5.32 Å². The first-order chi connectivity index (χ1) is 9.29.